The zero-order valence-corrected chi connectivity index (χ0v) is 19.2. The molecule has 1 aromatic heterocycles. The summed E-state index contributed by atoms with van der Waals surface area (Å²) in [5.74, 6) is 2.69. The summed E-state index contributed by atoms with van der Waals surface area (Å²) in [5.41, 5.74) is 2.07. The maximum Gasteiger partial charge on any atom is 0.219 e. The third-order valence-electron chi connectivity index (χ3n) is 4.93. The lowest BCUT2D eigenvalue weighted by molar-refractivity contribution is 0.265. The molecule has 0 fully saturated rings. The van der Waals surface area contributed by atoms with Gasteiger partial charge in [-0.3, -0.25) is 0 Å². The highest BCUT2D eigenvalue weighted by atomic mass is 16.5. The van der Waals surface area contributed by atoms with Crippen LogP contribution in [0.3, 0.4) is 0 Å². The van der Waals surface area contributed by atoms with E-state index in [0.717, 1.165) is 23.4 Å². The molecular formula is C26H32N4O3. The summed E-state index contributed by atoms with van der Waals surface area (Å²) in [4.78, 5) is 8.98. The molecule has 1 atom stereocenters. The van der Waals surface area contributed by atoms with Gasteiger partial charge in [-0.05, 0) is 55.3 Å². The van der Waals surface area contributed by atoms with Crippen LogP contribution in [0.15, 0.2) is 77.9 Å². The molecule has 0 radical (unpaired) electrons. The van der Waals surface area contributed by atoms with Crippen LogP contribution in [0.5, 0.6) is 17.4 Å². The molecule has 0 saturated heterocycles. The quantitative estimate of drug-likeness (QED) is 0.302. The van der Waals surface area contributed by atoms with Gasteiger partial charge in [-0.1, -0.05) is 30.3 Å². The minimum atomic E-state index is -0.00917. The number of aromatic nitrogens is 1. The Bertz CT molecular complexity index is 994. The molecule has 0 amide bonds. The third-order valence-corrected chi connectivity index (χ3v) is 4.93. The van der Waals surface area contributed by atoms with Crippen LogP contribution in [0.2, 0.25) is 0 Å². The molecule has 1 unspecified atom stereocenters. The summed E-state index contributed by atoms with van der Waals surface area (Å²) >= 11 is 0. The first-order valence-corrected chi connectivity index (χ1v) is 11.3. The first kappa shape index (κ1) is 24.1. The molecular weight excluding hydrogens is 416 g/mol. The zero-order chi connectivity index (χ0) is 23.3. The van der Waals surface area contributed by atoms with Crippen molar-refractivity contribution in [3.63, 3.8) is 0 Å². The van der Waals surface area contributed by atoms with Gasteiger partial charge in [-0.25, -0.2) is 9.98 Å². The Morgan fingerprint density at radius 3 is 2.45 bits per heavy atom. The van der Waals surface area contributed by atoms with Gasteiger partial charge in [0, 0.05) is 31.3 Å². The Hall–Kier alpha value is -3.58. The van der Waals surface area contributed by atoms with E-state index in [0.29, 0.717) is 37.3 Å². The smallest absolute Gasteiger partial charge is 0.219 e. The number of guanidine groups is 1. The van der Waals surface area contributed by atoms with E-state index in [1.807, 2.05) is 80.6 Å². The number of ether oxygens (including phenoxy) is 2. The number of pyridine rings is 1. The van der Waals surface area contributed by atoms with Gasteiger partial charge >= 0.3 is 0 Å². The summed E-state index contributed by atoms with van der Waals surface area (Å²) in [7, 11) is 0. The number of hydrogen-bond donors (Lipinski definition) is 3. The fourth-order valence-corrected chi connectivity index (χ4v) is 3.24. The van der Waals surface area contributed by atoms with Crippen molar-refractivity contribution < 1.29 is 14.6 Å². The van der Waals surface area contributed by atoms with Crippen molar-refractivity contribution in [2.75, 3.05) is 26.3 Å². The van der Waals surface area contributed by atoms with E-state index in [2.05, 4.69) is 20.6 Å². The number of hydrogen-bond acceptors (Lipinski definition) is 5. The highest BCUT2D eigenvalue weighted by Crippen LogP contribution is 2.23. The molecule has 3 N–H and O–H groups in total. The van der Waals surface area contributed by atoms with Crippen molar-refractivity contribution in [3.05, 3.63) is 84.1 Å². The molecule has 0 aliphatic heterocycles. The number of benzene rings is 2. The molecule has 0 aliphatic carbocycles. The fourth-order valence-electron chi connectivity index (χ4n) is 3.24. The van der Waals surface area contributed by atoms with Crippen molar-refractivity contribution in [2.45, 2.75) is 26.3 Å². The average molecular weight is 449 g/mol. The minimum absolute atomic E-state index is 0.00917. The third kappa shape index (κ3) is 7.80. The van der Waals surface area contributed by atoms with E-state index in [4.69, 9.17) is 9.47 Å². The number of rotatable bonds is 11. The van der Waals surface area contributed by atoms with Crippen LogP contribution < -0.4 is 20.1 Å². The maximum atomic E-state index is 9.80. The number of aliphatic hydroxyl groups is 1. The number of nitrogens with zero attached hydrogens (tertiary/aromatic N) is 2. The number of nitrogens with one attached hydrogen (secondary N) is 2. The first-order valence-electron chi connectivity index (χ1n) is 11.3. The topological polar surface area (TPSA) is 88.0 Å². The Morgan fingerprint density at radius 1 is 1.00 bits per heavy atom. The molecule has 7 heteroatoms. The van der Waals surface area contributed by atoms with E-state index < -0.39 is 0 Å². The average Bonchev–Trinajstić information content (AvgIpc) is 2.85. The standard InChI is InChI=1S/C26H32N4O3/c1-3-27-26(30-18-22(19-31)21-8-6-5-7-9-21)29-17-20-14-15-28-25(16-20)33-24-12-10-23(11-13-24)32-4-2/h5-16,22,31H,3-4,17-19H2,1-2H3,(H2,27,29,30). The van der Waals surface area contributed by atoms with Crippen LogP contribution in [0.4, 0.5) is 0 Å². The van der Waals surface area contributed by atoms with Crippen LogP contribution in [-0.4, -0.2) is 42.4 Å². The van der Waals surface area contributed by atoms with Crippen molar-refractivity contribution in [1.82, 2.24) is 15.6 Å². The van der Waals surface area contributed by atoms with E-state index in [1.54, 1.807) is 6.20 Å². The Labute approximate surface area is 195 Å². The molecule has 1 heterocycles. The highest BCUT2D eigenvalue weighted by molar-refractivity contribution is 5.79. The van der Waals surface area contributed by atoms with E-state index >= 15 is 0 Å². The van der Waals surface area contributed by atoms with E-state index in [1.165, 1.54) is 0 Å². The van der Waals surface area contributed by atoms with Crippen molar-refractivity contribution in [1.29, 1.82) is 0 Å². The van der Waals surface area contributed by atoms with Gasteiger partial charge in [-0.2, -0.15) is 0 Å². The molecule has 174 valence electrons. The molecule has 33 heavy (non-hydrogen) atoms. The molecule has 0 saturated carbocycles. The molecule has 2 aromatic carbocycles. The van der Waals surface area contributed by atoms with Gasteiger partial charge in [-0.15, -0.1) is 0 Å². The van der Waals surface area contributed by atoms with Crippen LogP contribution in [0.1, 0.15) is 30.9 Å². The minimum Gasteiger partial charge on any atom is -0.494 e. The molecule has 7 nitrogen and oxygen atoms in total. The second-order valence-electron chi connectivity index (χ2n) is 7.38. The fraction of sp³-hybridized carbons (Fsp3) is 0.308. The molecule has 3 rings (SSSR count). The molecule has 3 aromatic rings. The molecule has 0 bridgehead atoms. The lowest BCUT2D eigenvalue weighted by Crippen LogP contribution is -2.39. The van der Waals surface area contributed by atoms with Crippen LogP contribution in [0, 0.1) is 0 Å². The van der Waals surface area contributed by atoms with Crippen LogP contribution in [-0.2, 0) is 6.54 Å². The number of aliphatic hydroxyl groups excluding tert-OH is 1. The largest absolute Gasteiger partial charge is 0.494 e. The van der Waals surface area contributed by atoms with Gasteiger partial charge in [0.15, 0.2) is 5.96 Å². The lowest BCUT2D eigenvalue weighted by atomic mass is 10.0. The van der Waals surface area contributed by atoms with Gasteiger partial charge in [0.2, 0.25) is 5.88 Å². The van der Waals surface area contributed by atoms with Gasteiger partial charge < -0.3 is 25.2 Å². The summed E-state index contributed by atoms with van der Waals surface area (Å²) in [5, 5.41) is 16.4. The monoisotopic (exact) mass is 448 g/mol. The zero-order valence-electron chi connectivity index (χ0n) is 19.2. The van der Waals surface area contributed by atoms with Crippen LogP contribution >= 0.6 is 0 Å². The predicted octanol–water partition coefficient (Wildman–Crippen LogP) is 4.10. The molecule has 0 aliphatic rings. The van der Waals surface area contributed by atoms with Gasteiger partial charge in [0.05, 0.1) is 19.8 Å². The van der Waals surface area contributed by atoms with Gasteiger partial charge in [0.25, 0.3) is 0 Å². The predicted molar refractivity (Wildman–Crippen MR) is 131 cm³/mol. The first-order chi connectivity index (χ1) is 16.2. The van der Waals surface area contributed by atoms with Crippen molar-refractivity contribution in [2.24, 2.45) is 4.99 Å². The molecule has 0 spiro atoms. The Balaban J connectivity index is 1.61. The second kappa shape index (κ2) is 13.1. The lowest BCUT2D eigenvalue weighted by Gasteiger charge is -2.18. The normalized spacial score (nSPS) is 12.2. The SMILES string of the molecule is CCNC(=NCc1ccnc(Oc2ccc(OCC)cc2)c1)NCC(CO)c1ccccc1. The van der Waals surface area contributed by atoms with Crippen molar-refractivity contribution in [3.8, 4) is 17.4 Å². The number of aliphatic imine (C=N–C) groups is 1. The maximum absolute atomic E-state index is 9.80. The Kier molecular flexibility index (Phi) is 9.54. The van der Waals surface area contributed by atoms with Crippen molar-refractivity contribution >= 4 is 5.96 Å². The van der Waals surface area contributed by atoms with Crippen LogP contribution in [0.25, 0.3) is 0 Å². The Morgan fingerprint density at radius 2 is 1.76 bits per heavy atom. The van der Waals surface area contributed by atoms with Gasteiger partial charge in [0.1, 0.15) is 11.5 Å². The second-order valence-corrected chi connectivity index (χ2v) is 7.38. The summed E-state index contributed by atoms with van der Waals surface area (Å²) < 4.78 is 11.3. The summed E-state index contributed by atoms with van der Waals surface area (Å²) in [6, 6.07) is 21.2. The summed E-state index contributed by atoms with van der Waals surface area (Å²) in [6.45, 7) is 6.44. The van der Waals surface area contributed by atoms with E-state index in [-0.39, 0.29) is 12.5 Å². The summed E-state index contributed by atoms with van der Waals surface area (Å²) in [6.07, 6.45) is 1.71. The highest BCUT2D eigenvalue weighted by Gasteiger charge is 2.11. The van der Waals surface area contributed by atoms with E-state index in [9.17, 15) is 5.11 Å².